The van der Waals surface area contributed by atoms with Crippen molar-refractivity contribution >= 4 is 11.7 Å². The maximum Gasteiger partial charge on any atom is 0.223 e. The van der Waals surface area contributed by atoms with E-state index in [-0.39, 0.29) is 29.2 Å². The Labute approximate surface area is 140 Å². The van der Waals surface area contributed by atoms with Gasteiger partial charge in [-0.25, -0.2) is 0 Å². The largest absolute Gasteiger partial charge is 0.354 e. The monoisotopic (exact) mass is 320 g/mol. The molecule has 1 aliphatic heterocycles. The van der Waals surface area contributed by atoms with Crippen LogP contribution in [0.2, 0.25) is 0 Å². The van der Waals surface area contributed by atoms with Gasteiger partial charge in [0.15, 0.2) is 0 Å². The van der Waals surface area contributed by atoms with Crippen LogP contribution in [0.3, 0.4) is 0 Å². The van der Waals surface area contributed by atoms with Crippen LogP contribution >= 0.6 is 0 Å². The minimum atomic E-state index is 0.00775. The van der Waals surface area contributed by atoms with Gasteiger partial charge in [-0.05, 0) is 64.8 Å². The van der Waals surface area contributed by atoms with Crippen LogP contribution in [0, 0.1) is 23.7 Å². The molecule has 0 aromatic carbocycles. The van der Waals surface area contributed by atoms with Crippen molar-refractivity contribution in [3.05, 3.63) is 0 Å². The van der Waals surface area contributed by atoms with E-state index in [0.717, 1.165) is 44.7 Å². The Bertz CT molecular complexity index is 458. The summed E-state index contributed by atoms with van der Waals surface area (Å²) in [5, 5.41) is 3.20. The molecule has 2 aliphatic carbocycles. The number of fused-ring (bicyclic) bond motifs is 2. The Morgan fingerprint density at radius 1 is 1.22 bits per heavy atom. The predicted molar refractivity (Wildman–Crippen MR) is 91.0 cm³/mol. The van der Waals surface area contributed by atoms with Crippen molar-refractivity contribution in [2.45, 2.75) is 64.8 Å². The van der Waals surface area contributed by atoms with Crippen LogP contribution in [0.15, 0.2) is 0 Å². The highest BCUT2D eigenvalue weighted by Gasteiger charge is 2.43. The fraction of sp³-hybridized carbons (Fsp3) is 0.895. The first-order valence-corrected chi connectivity index (χ1v) is 9.43. The lowest BCUT2D eigenvalue weighted by molar-refractivity contribution is -0.132. The molecule has 3 aliphatic rings. The Hall–Kier alpha value is -0.900. The molecule has 2 saturated carbocycles. The van der Waals surface area contributed by atoms with Crippen LogP contribution in [0.4, 0.5) is 0 Å². The van der Waals surface area contributed by atoms with Crippen LogP contribution in [0.1, 0.15) is 59.3 Å². The lowest BCUT2D eigenvalue weighted by atomic mass is 9.79. The number of likely N-dealkylation sites (tertiary alicyclic amines) is 1. The number of carbonyl (C=O) groups is 2. The number of carbonyl (C=O) groups excluding carboxylic acids is 2. The van der Waals surface area contributed by atoms with Gasteiger partial charge in [0.05, 0.1) is 0 Å². The highest BCUT2D eigenvalue weighted by atomic mass is 16.2. The normalized spacial score (nSPS) is 35.3. The van der Waals surface area contributed by atoms with Crippen molar-refractivity contribution in [3.8, 4) is 0 Å². The maximum atomic E-state index is 12.6. The van der Waals surface area contributed by atoms with Crippen molar-refractivity contribution in [1.82, 2.24) is 10.2 Å². The molecule has 2 bridgehead atoms. The summed E-state index contributed by atoms with van der Waals surface area (Å²) in [6, 6.07) is 0. The Balaban J connectivity index is 1.51. The summed E-state index contributed by atoms with van der Waals surface area (Å²) in [6.07, 6.45) is 6.14. The third-order valence-electron chi connectivity index (χ3n) is 6.39. The van der Waals surface area contributed by atoms with Gasteiger partial charge in [-0.3, -0.25) is 14.5 Å². The number of nitrogens with one attached hydrogen (secondary N) is 1. The molecule has 3 unspecified atom stereocenters. The number of Topliss-reactive ketones (excluding diaryl/α,β-unsaturated/α-hetero) is 1. The molecule has 1 saturated heterocycles. The van der Waals surface area contributed by atoms with Crippen LogP contribution < -0.4 is 5.32 Å². The summed E-state index contributed by atoms with van der Waals surface area (Å²) in [4.78, 5) is 27.1. The SMILES string of the molecule is CC1CCCN(C(C)(C)CNC(=O)C2CC3CCC(C2)C3=O)C1. The first kappa shape index (κ1) is 16.9. The molecule has 130 valence electrons. The predicted octanol–water partition coefficient (Wildman–Crippen LogP) is 2.62. The van der Waals surface area contributed by atoms with E-state index < -0.39 is 0 Å². The number of ketones is 1. The topological polar surface area (TPSA) is 49.4 Å². The number of hydrogen-bond acceptors (Lipinski definition) is 3. The van der Waals surface area contributed by atoms with Gasteiger partial charge in [0, 0.05) is 36.4 Å². The van der Waals surface area contributed by atoms with Crippen molar-refractivity contribution < 1.29 is 9.59 Å². The number of amides is 1. The molecule has 1 amide bonds. The average molecular weight is 320 g/mol. The summed E-state index contributed by atoms with van der Waals surface area (Å²) < 4.78 is 0. The smallest absolute Gasteiger partial charge is 0.223 e. The molecule has 4 heteroatoms. The second-order valence-corrected chi connectivity index (χ2v) is 8.77. The van der Waals surface area contributed by atoms with Gasteiger partial charge in [-0.15, -0.1) is 0 Å². The quantitative estimate of drug-likeness (QED) is 0.866. The van der Waals surface area contributed by atoms with E-state index in [9.17, 15) is 9.59 Å². The summed E-state index contributed by atoms with van der Waals surface area (Å²) >= 11 is 0. The van der Waals surface area contributed by atoms with Gasteiger partial charge < -0.3 is 5.32 Å². The maximum absolute atomic E-state index is 12.6. The summed E-state index contributed by atoms with van der Waals surface area (Å²) in [6.45, 7) is 9.76. The number of nitrogens with zero attached hydrogens (tertiary/aromatic N) is 1. The van der Waals surface area contributed by atoms with Crippen LogP contribution in [0.25, 0.3) is 0 Å². The van der Waals surface area contributed by atoms with E-state index in [1.165, 1.54) is 12.8 Å². The van der Waals surface area contributed by atoms with Crippen molar-refractivity contribution in [2.75, 3.05) is 19.6 Å². The van der Waals surface area contributed by atoms with E-state index in [4.69, 9.17) is 0 Å². The third kappa shape index (κ3) is 3.62. The van der Waals surface area contributed by atoms with E-state index >= 15 is 0 Å². The van der Waals surface area contributed by atoms with Crippen LogP contribution in [-0.2, 0) is 9.59 Å². The van der Waals surface area contributed by atoms with Gasteiger partial charge in [0.25, 0.3) is 0 Å². The fourth-order valence-corrected chi connectivity index (χ4v) is 4.78. The van der Waals surface area contributed by atoms with Gasteiger partial charge in [0.2, 0.25) is 5.91 Å². The lowest BCUT2D eigenvalue weighted by Crippen LogP contribution is -2.55. The minimum absolute atomic E-state index is 0.00775. The van der Waals surface area contributed by atoms with E-state index in [2.05, 4.69) is 31.0 Å². The average Bonchev–Trinajstić information content (AvgIpc) is 2.74. The zero-order chi connectivity index (χ0) is 16.6. The number of hydrogen-bond donors (Lipinski definition) is 1. The molecule has 3 atom stereocenters. The van der Waals surface area contributed by atoms with E-state index in [0.29, 0.717) is 12.3 Å². The Kier molecular flexibility index (Phi) is 4.82. The van der Waals surface area contributed by atoms with Crippen molar-refractivity contribution in [2.24, 2.45) is 23.7 Å². The number of rotatable bonds is 4. The van der Waals surface area contributed by atoms with Gasteiger partial charge in [-0.2, -0.15) is 0 Å². The molecule has 1 heterocycles. The first-order chi connectivity index (χ1) is 10.9. The van der Waals surface area contributed by atoms with Crippen LogP contribution in [0.5, 0.6) is 0 Å². The van der Waals surface area contributed by atoms with E-state index in [1.807, 2.05) is 0 Å². The van der Waals surface area contributed by atoms with Gasteiger partial charge >= 0.3 is 0 Å². The fourth-order valence-electron chi connectivity index (χ4n) is 4.78. The Morgan fingerprint density at radius 3 is 2.48 bits per heavy atom. The molecule has 0 spiro atoms. The zero-order valence-corrected chi connectivity index (χ0v) is 14.9. The number of piperidine rings is 1. The highest BCUT2D eigenvalue weighted by molar-refractivity contribution is 5.89. The van der Waals surface area contributed by atoms with Crippen LogP contribution in [-0.4, -0.2) is 41.8 Å². The molecular weight excluding hydrogens is 288 g/mol. The molecule has 0 aromatic rings. The van der Waals surface area contributed by atoms with Gasteiger partial charge in [0.1, 0.15) is 5.78 Å². The van der Waals surface area contributed by atoms with Crippen molar-refractivity contribution in [1.29, 1.82) is 0 Å². The van der Waals surface area contributed by atoms with Gasteiger partial charge in [-0.1, -0.05) is 6.92 Å². The summed E-state index contributed by atoms with van der Waals surface area (Å²) in [5.41, 5.74) is 0.00775. The summed E-state index contributed by atoms with van der Waals surface area (Å²) in [7, 11) is 0. The second-order valence-electron chi connectivity index (χ2n) is 8.77. The molecule has 3 fully saturated rings. The molecular formula is C19H32N2O2. The van der Waals surface area contributed by atoms with E-state index in [1.54, 1.807) is 0 Å². The molecule has 23 heavy (non-hydrogen) atoms. The van der Waals surface area contributed by atoms with Crippen molar-refractivity contribution in [3.63, 3.8) is 0 Å². The molecule has 0 radical (unpaired) electrons. The third-order valence-corrected chi connectivity index (χ3v) is 6.39. The molecule has 3 rings (SSSR count). The molecule has 4 nitrogen and oxygen atoms in total. The highest BCUT2D eigenvalue weighted by Crippen LogP contribution is 2.42. The summed E-state index contributed by atoms with van der Waals surface area (Å²) in [5.74, 6) is 1.74. The Morgan fingerprint density at radius 2 is 1.87 bits per heavy atom. The standard InChI is InChI=1S/C19H32N2O2/c1-13-5-4-8-21(11-13)19(2,3)12-20-18(23)16-9-14-6-7-15(10-16)17(14)22/h13-16H,4-12H2,1-3H3,(H,20,23). The first-order valence-electron chi connectivity index (χ1n) is 9.43. The second kappa shape index (κ2) is 6.54. The molecule has 0 aromatic heterocycles. The lowest BCUT2D eigenvalue weighted by Gasteiger charge is -2.43. The zero-order valence-electron chi connectivity index (χ0n) is 14.9. The molecule has 1 N–H and O–H groups in total. The minimum Gasteiger partial charge on any atom is -0.354 e.